The number of benzene rings is 1. The van der Waals surface area contributed by atoms with Crippen LogP contribution in [0, 0.1) is 6.92 Å². The minimum Gasteiger partial charge on any atom is -0.497 e. The first-order chi connectivity index (χ1) is 9.30. The van der Waals surface area contributed by atoms with Crippen LogP contribution in [0.2, 0.25) is 0 Å². The van der Waals surface area contributed by atoms with Crippen LogP contribution in [0.1, 0.15) is 11.1 Å². The fraction of sp³-hybridized carbons (Fsp3) is 0.357. The molecule has 0 aliphatic carbocycles. The van der Waals surface area contributed by atoms with Gasteiger partial charge in [-0.2, -0.15) is 13.2 Å². The number of amides is 1. The van der Waals surface area contributed by atoms with Crippen molar-refractivity contribution < 1.29 is 22.7 Å². The van der Waals surface area contributed by atoms with Gasteiger partial charge in [-0.15, -0.1) is 0 Å². The van der Waals surface area contributed by atoms with E-state index in [4.69, 9.17) is 4.74 Å². The molecule has 0 unspecified atom stereocenters. The number of ether oxygens (including phenoxy) is 1. The van der Waals surface area contributed by atoms with E-state index in [0.29, 0.717) is 18.2 Å². The maximum Gasteiger partial charge on any atom is 0.409 e. The Kier molecular flexibility index (Phi) is 5.61. The number of carbonyl (C=O) groups excluding carboxylic acids is 1. The number of carbonyl (C=O) groups is 1. The van der Waals surface area contributed by atoms with Crippen LogP contribution in [-0.2, 0) is 11.2 Å². The van der Waals surface area contributed by atoms with Crippen molar-refractivity contribution in [3.8, 4) is 5.75 Å². The van der Waals surface area contributed by atoms with Crippen LogP contribution in [0.5, 0.6) is 5.75 Å². The van der Waals surface area contributed by atoms with Crippen molar-refractivity contribution in [3.63, 3.8) is 0 Å². The zero-order chi connectivity index (χ0) is 15.2. The van der Waals surface area contributed by atoms with Crippen LogP contribution in [-0.4, -0.2) is 25.7 Å². The highest BCUT2D eigenvalue weighted by Crippen LogP contribution is 2.17. The second kappa shape index (κ2) is 6.98. The number of rotatable bonds is 5. The molecular weight excluding hydrogens is 271 g/mol. The molecule has 20 heavy (non-hydrogen) atoms. The van der Waals surface area contributed by atoms with Crippen molar-refractivity contribution in [3.05, 3.63) is 41.5 Å². The molecule has 6 heteroatoms. The quantitative estimate of drug-likeness (QED) is 0.846. The molecule has 110 valence electrons. The molecule has 0 aromatic heterocycles. The number of hydrogen-bond donors (Lipinski definition) is 1. The summed E-state index contributed by atoms with van der Waals surface area (Å²) in [7, 11) is 1.56. The zero-order valence-electron chi connectivity index (χ0n) is 11.3. The smallest absolute Gasteiger partial charge is 0.409 e. The van der Waals surface area contributed by atoms with Crippen molar-refractivity contribution in [2.75, 3.05) is 13.7 Å². The van der Waals surface area contributed by atoms with Crippen molar-refractivity contribution in [2.24, 2.45) is 0 Å². The molecule has 1 aromatic rings. The maximum atomic E-state index is 11.9. The summed E-state index contributed by atoms with van der Waals surface area (Å²) >= 11 is 0. The van der Waals surface area contributed by atoms with Gasteiger partial charge in [0.1, 0.15) is 5.75 Å². The Morgan fingerprint density at radius 1 is 1.35 bits per heavy atom. The summed E-state index contributed by atoms with van der Waals surface area (Å²) in [4.78, 5) is 11.1. The molecule has 1 rings (SSSR count). The Morgan fingerprint density at radius 2 is 2.05 bits per heavy atom. The van der Waals surface area contributed by atoms with E-state index >= 15 is 0 Å². The molecule has 0 fully saturated rings. The molecule has 0 heterocycles. The summed E-state index contributed by atoms with van der Waals surface area (Å²) in [6.07, 6.45) is -3.56. The lowest BCUT2D eigenvalue weighted by Gasteiger charge is -2.07. The number of hydrogen-bond acceptors (Lipinski definition) is 2. The van der Waals surface area contributed by atoms with Crippen LogP contribution >= 0.6 is 0 Å². The summed E-state index contributed by atoms with van der Waals surface area (Å²) in [5.74, 6) is -0.0507. The van der Waals surface area contributed by atoms with E-state index in [1.54, 1.807) is 7.11 Å². The Balaban J connectivity index is 2.47. The van der Waals surface area contributed by atoms with Gasteiger partial charge in [-0.25, -0.2) is 0 Å². The number of alkyl halides is 3. The second-order valence-electron chi connectivity index (χ2n) is 4.27. The van der Waals surface area contributed by atoms with Crippen LogP contribution in [0.4, 0.5) is 13.2 Å². The van der Waals surface area contributed by atoms with Crippen LogP contribution in [0.25, 0.3) is 0 Å². The SMILES string of the molecule is COc1cc(C)cc(CCNC(=O)/C=C/C(F)(F)F)c1. The van der Waals surface area contributed by atoms with E-state index in [9.17, 15) is 18.0 Å². The lowest BCUT2D eigenvalue weighted by molar-refractivity contribution is -0.117. The number of methoxy groups -OCH3 is 1. The second-order valence-corrected chi connectivity index (χ2v) is 4.27. The minimum atomic E-state index is -4.47. The fourth-order valence-corrected chi connectivity index (χ4v) is 1.65. The number of allylic oxidation sites excluding steroid dienone is 1. The molecule has 1 amide bonds. The Morgan fingerprint density at radius 3 is 2.65 bits per heavy atom. The van der Waals surface area contributed by atoms with Gasteiger partial charge < -0.3 is 10.1 Å². The van der Waals surface area contributed by atoms with E-state index in [0.717, 1.165) is 11.1 Å². The number of aryl methyl sites for hydroxylation is 1. The topological polar surface area (TPSA) is 38.3 Å². The van der Waals surface area contributed by atoms with Crippen LogP contribution in [0.3, 0.4) is 0 Å². The van der Waals surface area contributed by atoms with Gasteiger partial charge in [0.05, 0.1) is 7.11 Å². The van der Waals surface area contributed by atoms with E-state index in [1.165, 1.54) is 0 Å². The number of halogens is 3. The summed E-state index contributed by atoms with van der Waals surface area (Å²) in [5.41, 5.74) is 1.96. The first-order valence-electron chi connectivity index (χ1n) is 5.98. The van der Waals surface area contributed by atoms with Gasteiger partial charge in [0.15, 0.2) is 0 Å². The first-order valence-corrected chi connectivity index (χ1v) is 5.98. The van der Waals surface area contributed by atoms with Gasteiger partial charge in [-0.05, 0) is 36.6 Å². The highest BCUT2D eigenvalue weighted by molar-refractivity contribution is 5.87. The summed E-state index contributed by atoms with van der Waals surface area (Å²) in [6.45, 7) is 2.17. The lowest BCUT2D eigenvalue weighted by atomic mass is 10.1. The number of nitrogens with one attached hydrogen (secondary N) is 1. The molecule has 0 aliphatic heterocycles. The maximum absolute atomic E-state index is 11.9. The predicted molar refractivity (Wildman–Crippen MR) is 69.6 cm³/mol. The van der Waals surface area contributed by atoms with E-state index in [1.807, 2.05) is 25.1 Å². The Hall–Kier alpha value is -1.98. The van der Waals surface area contributed by atoms with Gasteiger partial charge in [-0.1, -0.05) is 6.07 Å². The summed E-state index contributed by atoms with van der Waals surface area (Å²) in [6, 6.07) is 5.62. The Bertz CT molecular complexity index is 496. The molecule has 0 aliphatic rings. The largest absolute Gasteiger partial charge is 0.497 e. The third-order valence-corrected chi connectivity index (χ3v) is 2.48. The molecule has 0 saturated heterocycles. The molecule has 0 atom stereocenters. The third-order valence-electron chi connectivity index (χ3n) is 2.48. The molecule has 0 spiro atoms. The highest BCUT2D eigenvalue weighted by Gasteiger charge is 2.22. The van der Waals surface area contributed by atoms with Gasteiger partial charge in [0.25, 0.3) is 0 Å². The standard InChI is InChI=1S/C14H16F3NO2/c1-10-7-11(9-12(8-10)20-2)4-6-18-13(19)3-5-14(15,16)17/h3,5,7-9H,4,6H2,1-2H3,(H,18,19)/b5-3+. The van der Waals surface area contributed by atoms with Crippen molar-refractivity contribution >= 4 is 5.91 Å². The Labute approximate surface area is 115 Å². The van der Waals surface area contributed by atoms with Crippen LogP contribution < -0.4 is 10.1 Å². The van der Waals surface area contributed by atoms with Crippen molar-refractivity contribution in [1.82, 2.24) is 5.32 Å². The average molecular weight is 287 g/mol. The van der Waals surface area contributed by atoms with E-state index in [2.05, 4.69) is 5.32 Å². The minimum absolute atomic E-state index is 0.0853. The average Bonchev–Trinajstić information content (AvgIpc) is 2.35. The van der Waals surface area contributed by atoms with E-state index in [-0.39, 0.29) is 12.6 Å². The molecule has 3 nitrogen and oxygen atoms in total. The monoisotopic (exact) mass is 287 g/mol. The van der Waals surface area contributed by atoms with Crippen LogP contribution in [0.15, 0.2) is 30.4 Å². The lowest BCUT2D eigenvalue weighted by Crippen LogP contribution is -2.24. The van der Waals surface area contributed by atoms with Crippen molar-refractivity contribution in [1.29, 1.82) is 0 Å². The molecular formula is C14H16F3NO2. The molecule has 0 bridgehead atoms. The molecule has 1 N–H and O–H groups in total. The first kappa shape index (κ1) is 16.1. The summed E-state index contributed by atoms with van der Waals surface area (Å²) < 4.78 is 40.7. The highest BCUT2D eigenvalue weighted by atomic mass is 19.4. The fourth-order valence-electron chi connectivity index (χ4n) is 1.65. The van der Waals surface area contributed by atoms with Gasteiger partial charge in [-0.3, -0.25) is 4.79 Å². The van der Waals surface area contributed by atoms with Crippen molar-refractivity contribution in [2.45, 2.75) is 19.5 Å². The van der Waals surface area contributed by atoms with E-state index < -0.39 is 12.1 Å². The van der Waals surface area contributed by atoms with Gasteiger partial charge >= 0.3 is 6.18 Å². The molecule has 0 radical (unpaired) electrons. The zero-order valence-corrected chi connectivity index (χ0v) is 11.3. The van der Waals surface area contributed by atoms with Gasteiger partial charge in [0, 0.05) is 18.7 Å². The third kappa shape index (κ3) is 6.26. The molecule has 1 aromatic carbocycles. The van der Waals surface area contributed by atoms with Gasteiger partial charge in [0.2, 0.25) is 5.91 Å². The summed E-state index contributed by atoms with van der Waals surface area (Å²) in [5, 5.41) is 2.39. The predicted octanol–water partition coefficient (Wildman–Crippen LogP) is 2.78. The molecule has 0 saturated carbocycles. The normalized spacial score (nSPS) is 11.7.